The van der Waals surface area contributed by atoms with E-state index in [2.05, 4.69) is 30.7 Å². The van der Waals surface area contributed by atoms with E-state index < -0.39 is 0 Å². The van der Waals surface area contributed by atoms with Crippen molar-refractivity contribution in [3.05, 3.63) is 58.9 Å². The number of nitrogens with zero attached hydrogens (tertiary/aromatic N) is 1. The van der Waals surface area contributed by atoms with Crippen molar-refractivity contribution in [2.24, 2.45) is 5.41 Å². The molecule has 110 valence electrons. The summed E-state index contributed by atoms with van der Waals surface area (Å²) in [4.78, 5) is 16.7. The number of benzene rings is 1. The van der Waals surface area contributed by atoms with Crippen molar-refractivity contribution in [3.63, 3.8) is 0 Å². The van der Waals surface area contributed by atoms with Crippen LogP contribution >= 0.6 is 0 Å². The molecule has 0 radical (unpaired) electrons. The first kappa shape index (κ1) is 14.3. The third-order valence-corrected chi connectivity index (χ3v) is 3.79. The van der Waals surface area contributed by atoms with Gasteiger partial charge in [0.05, 0.1) is 5.69 Å². The maximum Gasteiger partial charge on any atom is 0.165 e. The highest BCUT2D eigenvalue weighted by Gasteiger charge is 2.31. The first-order valence-electron chi connectivity index (χ1n) is 7.33. The first-order valence-corrected chi connectivity index (χ1v) is 7.33. The van der Waals surface area contributed by atoms with Crippen LogP contribution in [0.4, 0.5) is 5.69 Å². The summed E-state index contributed by atoms with van der Waals surface area (Å²) >= 11 is 0. The van der Waals surface area contributed by atoms with E-state index in [0.717, 1.165) is 28.8 Å². The van der Waals surface area contributed by atoms with Crippen LogP contribution in [0.3, 0.4) is 0 Å². The number of carbonyl (C=O) groups is 1. The fourth-order valence-electron chi connectivity index (χ4n) is 2.75. The van der Waals surface area contributed by atoms with Crippen LogP contribution in [0.15, 0.2) is 36.5 Å². The number of ketones is 1. The van der Waals surface area contributed by atoms with Crippen molar-refractivity contribution in [2.45, 2.75) is 26.7 Å². The van der Waals surface area contributed by atoms with Gasteiger partial charge in [0.25, 0.3) is 0 Å². The number of hydrogen-bond acceptors (Lipinski definition) is 3. The van der Waals surface area contributed by atoms with Crippen LogP contribution in [0.2, 0.25) is 0 Å². The summed E-state index contributed by atoms with van der Waals surface area (Å²) in [7, 11) is 0. The average Bonchev–Trinajstić information content (AvgIpc) is 2.44. The maximum absolute atomic E-state index is 12.3. The van der Waals surface area contributed by atoms with Crippen molar-refractivity contribution in [3.8, 4) is 11.8 Å². The van der Waals surface area contributed by atoms with Crippen molar-refractivity contribution in [1.29, 1.82) is 0 Å². The lowest BCUT2D eigenvalue weighted by molar-refractivity contribution is 0.0910. The fourth-order valence-corrected chi connectivity index (χ4v) is 2.75. The van der Waals surface area contributed by atoms with Gasteiger partial charge in [0.2, 0.25) is 0 Å². The van der Waals surface area contributed by atoms with Crippen LogP contribution in [0.5, 0.6) is 0 Å². The molecule has 1 aliphatic carbocycles. The molecule has 2 aromatic rings. The Morgan fingerprint density at radius 2 is 1.91 bits per heavy atom. The molecule has 1 aliphatic rings. The zero-order chi connectivity index (χ0) is 15.7. The van der Waals surface area contributed by atoms with E-state index in [1.165, 1.54) is 0 Å². The summed E-state index contributed by atoms with van der Waals surface area (Å²) in [6, 6.07) is 9.29. The standard InChI is InChI=1S/C19H18N2O/c1-19(2)10-17-16(18(22)11-19)9-14(12-21-17)7-6-13-4-3-5-15(20)8-13/h3-5,8-9,12H,10-11,20H2,1-2H3. The summed E-state index contributed by atoms with van der Waals surface area (Å²) in [6.07, 6.45) is 3.14. The predicted molar refractivity (Wildman–Crippen MR) is 87.5 cm³/mol. The van der Waals surface area contributed by atoms with Gasteiger partial charge >= 0.3 is 0 Å². The van der Waals surface area contributed by atoms with Gasteiger partial charge < -0.3 is 5.73 Å². The molecule has 2 N–H and O–H groups in total. The maximum atomic E-state index is 12.3. The number of anilines is 1. The van der Waals surface area contributed by atoms with Gasteiger partial charge in [-0.25, -0.2) is 0 Å². The van der Waals surface area contributed by atoms with E-state index in [-0.39, 0.29) is 11.2 Å². The summed E-state index contributed by atoms with van der Waals surface area (Å²) in [5.74, 6) is 6.28. The second-order valence-electron chi connectivity index (χ2n) is 6.53. The molecule has 0 spiro atoms. The van der Waals surface area contributed by atoms with Gasteiger partial charge in [0, 0.05) is 35.0 Å². The molecule has 3 heteroatoms. The highest BCUT2D eigenvalue weighted by Crippen LogP contribution is 2.33. The molecule has 0 fully saturated rings. The van der Waals surface area contributed by atoms with Crippen LogP contribution in [0.25, 0.3) is 0 Å². The SMILES string of the molecule is CC1(C)CC(=O)c2cc(C#Cc3cccc(N)c3)cnc2C1. The van der Waals surface area contributed by atoms with Crippen LogP contribution in [-0.2, 0) is 6.42 Å². The van der Waals surface area contributed by atoms with E-state index in [9.17, 15) is 4.79 Å². The Morgan fingerprint density at radius 1 is 1.14 bits per heavy atom. The molecule has 0 saturated carbocycles. The molecular formula is C19H18N2O. The number of nitrogens with two attached hydrogens (primary N) is 1. The van der Waals surface area contributed by atoms with Crippen LogP contribution in [0.1, 0.15) is 47.4 Å². The van der Waals surface area contributed by atoms with Gasteiger partial charge in [-0.1, -0.05) is 31.8 Å². The van der Waals surface area contributed by atoms with E-state index >= 15 is 0 Å². The summed E-state index contributed by atoms with van der Waals surface area (Å²) in [5.41, 5.74) is 9.63. The highest BCUT2D eigenvalue weighted by molar-refractivity contribution is 5.98. The summed E-state index contributed by atoms with van der Waals surface area (Å²) in [6.45, 7) is 4.20. The van der Waals surface area contributed by atoms with E-state index in [1.54, 1.807) is 6.20 Å². The third kappa shape index (κ3) is 3.01. The highest BCUT2D eigenvalue weighted by atomic mass is 16.1. The minimum absolute atomic E-state index is 0.00809. The molecular weight excluding hydrogens is 272 g/mol. The Kier molecular flexibility index (Phi) is 3.46. The van der Waals surface area contributed by atoms with Gasteiger partial charge in [-0.05, 0) is 36.1 Å². The fraction of sp³-hybridized carbons (Fsp3) is 0.263. The van der Waals surface area contributed by atoms with Crippen LogP contribution in [0, 0.1) is 17.3 Å². The Bertz CT molecular complexity index is 810. The number of nitrogen functional groups attached to an aromatic ring is 1. The molecule has 1 aromatic heterocycles. The van der Waals surface area contributed by atoms with Gasteiger partial charge in [0.1, 0.15) is 0 Å². The normalized spacial score (nSPS) is 15.6. The molecule has 0 amide bonds. The predicted octanol–water partition coefficient (Wildman–Crippen LogP) is 3.22. The Labute approximate surface area is 130 Å². The number of hydrogen-bond donors (Lipinski definition) is 1. The third-order valence-electron chi connectivity index (χ3n) is 3.79. The number of carbonyl (C=O) groups excluding carboxylic acids is 1. The van der Waals surface area contributed by atoms with Gasteiger partial charge in [-0.2, -0.15) is 0 Å². The molecule has 0 aliphatic heterocycles. The van der Waals surface area contributed by atoms with E-state index in [4.69, 9.17) is 5.73 Å². The molecule has 1 heterocycles. The molecule has 3 rings (SSSR count). The van der Waals surface area contributed by atoms with Gasteiger partial charge in [-0.3, -0.25) is 9.78 Å². The van der Waals surface area contributed by atoms with E-state index in [1.807, 2.05) is 30.3 Å². The molecule has 0 unspecified atom stereocenters. The zero-order valence-electron chi connectivity index (χ0n) is 12.8. The van der Waals surface area contributed by atoms with E-state index in [0.29, 0.717) is 12.1 Å². The number of aromatic nitrogens is 1. The zero-order valence-corrected chi connectivity index (χ0v) is 12.8. The van der Waals surface area contributed by atoms with Crippen molar-refractivity contribution in [1.82, 2.24) is 4.98 Å². The molecule has 0 saturated heterocycles. The summed E-state index contributed by atoms with van der Waals surface area (Å²) < 4.78 is 0. The molecule has 22 heavy (non-hydrogen) atoms. The monoisotopic (exact) mass is 290 g/mol. The number of fused-ring (bicyclic) bond motifs is 1. The minimum Gasteiger partial charge on any atom is -0.399 e. The quantitative estimate of drug-likeness (QED) is 0.598. The lowest BCUT2D eigenvalue weighted by atomic mass is 9.75. The lowest BCUT2D eigenvalue weighted by Gasteiger charge is -2.29. The molecule has 3 nitrogen and oxygen atoms in total. The lowest BCUT2D eigenvalue weighted by Crippen LogP contribution is -2.27. The first-order chi connectivity index (χ1) is 10.4. The van der Waals surface area contributed by atoms with Crippen molar-refractivity contribution in [2.75, 3.05) is 5.73 Å². The van der Waals surface area contributed by atoms with Crippen molar-refractivity contribution >= 4 is 11.5 Å². The summed E-state index contributed by atoms with van der Waals surface area (Å²) in [5, 5.41) is 0. The smallest absolute Gasteiger partial charge is 0.165 e. The topological polar surface area (TPSA) is 56.0 Å². The van der Waals surface area contributed by atoms with Gasteiger partial charge in [0.15, 0.2) is 5.78 Å². The Morgan fingerprint density at radius 3 is 2.68 bits per heavy atom. The van der Waals surface area contributed by atoms with Crippen molar-refractivity contribution < 1.29 is 4.79 Å². The Balaban J connectivity index is 1.92. The van der Waals surface area contributed by atoms with Gasteiger partial charge in [-0.15, -0.1) is 0 Å². The molecule has 1 aromatic carbocycles. The van der Waals surface area contributed by atoms with Crippen LogP contribution < -0.4 is 5.73 Å². The number of pyridine rings is 1. The second kappa shape index (κ2) is 5.31. The Hall–Kier alpha value is -2.60. The molecule has 0 atom stereocenters. The minimum atomic E-state index is -0.00809. The average molecular weight is 290 g/mol. The van der Waals surface area contributed by atoms with Crippen LogP contribution in [-0.4, -0.2) is 10.8 Å². The molecule has 0 bridgehead atoms. The largest absolute Gasteiger partial charge is 0.399 e. The number of rotatable bonds is 0. The number of Topliss-reactive ketones (excluding diaryl/α,β-unsaturated/α-hetero) is 1. The second-order valence-corrected chi connectivity index (χ2v) is 6.53.